The Bertz CT molecular complexity index is 712. The van der Waals surface area contributed by atoms with Crippen LogP contribution in [0.15, 0.2) is 36.4 Å². The molecule has 1 N–H and O–H groups in total. The van der Waals surface area contributed by atoms with Gasteiger partial charge in [0.15, 0.2) is 11.6 Å². The average Bonchev–Trinajstić information content (AvgIpc) is 2.68. The zero-order chi connectivity index (χ0) is 18.4. The number of hydrogen-bond acceptors (Lipinski definition) is 5. The fraction of sp³-hybridized carbons (Fsp3) is 0.421. The largest absolute Gasteiger partial charge is 0.368 e. The van der Waals surface area contributed by atoms with Gasteiger partial charge in [0, 0.05) is 38.3 Å². The highest BCUT2D eigenvalue weighted by molar-refractivity contribution is 5.89. The second-order valence-corrected chi connectivity index (χ2v) is 6.38. The number of hydrogen-bond donors (Lipinski definition) is 1. The van der Waals surface area contributed by atoms with Crippen molar-refractivity contribution in [2.75, 3.05) is 41.3 Å². The first-order valence-electron chi connectivity index (χ1n) is 9.05. The predicted octanol–water partition coefficient (Wildman–Crippen LogP) is 3.07. The maximum atomic E-state index is 13.0. The summed E-state index contributed by atoms with van der Waals surface area (Å²) in [7, 11) is 0. The Kier molecular flexibility index (Phi) is 5.99. The molecule has 2 heterocycles. The van der Waals surface area contributed by atoms with E-state index in [4.69, 9.17) is 0 Å². The number of rotatable bonds is 6. The molecule has 0 unspecified atom stereocenters. The van der Waals surface area contributed by atoms with E-state index >= 15 is 0 Å². The zero-order valence-electron chi connectivity index (χ0n) is 15.0. The molecule has 26 heavy (non-hydrogen) atoms. The first-order valence-corrected chi connectivity index (χ1v) is 9.05. The molecule has 0 saturated carbocycles. The van der Waals surface area contributed by atoms with E-state index in [1.165, 1.54) is 12.1 Å². The van der Waals surface area contributed by atoms with Gasteiger partial charge in [-0.1, -0.05) is 13.3 Å². The van der Waals surface area contributed by atoms with E-state index in [0.717, 1.165) is 50.5 Å². The number of nitrogens with one attached hydrogen (secondary N) is 1. The fourth-order valence-corrected chi connectivity index (χ4v) is 2.95. The molecule has 1 fully saturated rings. The van der Waals surface area contributed by atoms with E-state index in [1.54, 1.807) is 18.2 Å². The first kappa shape index (κ1) is 18.1. The van der Waals surface area contributed by atoms with E-state index in [2.05, 4.69) is 32.2 Å². The molecule has 0 atom stereocenters. The standard InChI is InChI=1S/C19H24FN5O/c1-2-3-4-19(26)21-17-9-10-18(23-22-17)25-13-11-24(12-14-25)16-7-5-15(20)6-8-16/h5-10H,2-4,11-14H2,1H3,(H,21,22,26). The minimum absolute atomic E-state index is 0.0261. The average molecular weight is 357 g/mol. The van der Waals surface area contributed by atoms with Crippen molar-refractivity contribution in [3.8, 4) is 0 Å². The van der Waals surface area contributed by atoms with E-state index in [1.807, 2.05) is 6.07 Å². The number of halogens is 1. The molecular formula is C19H24FN5O. The van der Waals surface area contributed by atoms with Crippen LogP contribution in [-0.2, 0) is 4.79 Å². The molecule has 1 aromatic heterocycles. The molecule has 7 heteroatoms. The molecule has 1 aliphatic heterocycles. The fourth-order valence-electron chi connectivity index (χ4n) is 2.95. The lowest BCUT2D eigenvalue weighted by Gasteiger charge is -2.36. The number of aromatic nitrogens is 2. The summed E-state index contributed by atoms with van der Waals surface area (Å²) >= 11 is 0. The first-order chi connectivity index (χ1) is 12.7. The van der Waals surface area contributed by atoms with Crippen LogP contribution >= 0.6 is 0 Å². The van der Waals surface area contributed by atoms with E-state index in [9.17, 15) is 9.18 Å². The SMILES string of the molecule is CCCCC(=O)Nc1ccc(N2CCN(c3ccc(F)cc3)CC2)nn1. The Morgan fingerprint density at radius 2 is 1.73 bits per heavy atom. The van der Waals surface area contributed by atoms with Crippen LogP contribution in [0.2, 0.25) is 0 Å². The van der Waals surface area contributed by atoms with Crippen molar-refractivity contribution in [3.63, 3.8) is 0 Å². The molecule has 0 bridgehead atoms. The molecule has 1 amide bonds. The van der Waals surface area contributed by atoms with Gasteiger partial charge in [0.05, 0.1) is 0 Å². The summed E-state index contributed by atoms with van der Waals surface area (Å²) in [5.74, 6) is 1.04. The Balaban J connectivity index is 1.53. The van der Waals surface area contributed by atoms with E-state index in [0.29, 0.717) is 12.2 Å². The van der Waals surface area contributed by atoms with Gasteiger partial charge in [-0.25, -0.2) is 4.39 Å². The monoisotopic (exact) mass is 357 g/mol. The summed E-state index contributed by atoms with van der Waals surface area (Å²) in [6, 6.07) is 10.3. The highest BCUT2D eigenvalue weighted by atomic mass is 19.1. The molecule has 2 aromatic rings. The number of nitrogens with zero attached hydrogens (tertiary/aromatic N) is 4. The van der Waals surface area contributed by atoms with Crippen molar-refractivity contribution in [1.82, 2.24) is 10.2 Å². The van der Waals surface area contributed by atoms with Gasteiger partial charge in [-0.2, -0.15) is 0 Å². The smallest absolute Gasteiger partial charge is 0.225 e. The van der Waals surface area contributed by atoms with Gasteiger partial charge in [0.25, 0.3) is 0 Å². The van der Waals surface area contributed by atoms with Crippen molar-refractivity contribution in [2.45, 2.75) is 26.2 Å². The van der Waals surface area contributed by atoms with Gasteiger partial charge in [0.1, 0.15) is 5.82 Å². The van der Waals surface area contributed by atoms with Gasteiger partial charge < -0.3 is 15.1 Å². The van der Waals surface area contributed by atoms with Gasteiger partial charge >= 0.3 is 0 Å². The lowest BCUT2D eigenvalue weighted by atomic mass is 10.2. The summed E-state index contributed by atoms with van der Waals surface area (Å²) in [5, 5.41) is 11.1. The van der Waals surface area contributed by atoms with Crippen LogP contribution in [0.3, 0.4) is 0 Å². The Hall–Kier alpha value is -2.70. The van der Waals surface area contributed by atoms with Crippen LogP contribution in [0.5, 0.6) is 0 Å². The van der Waals surface area contributed by atoms with Crippen LogP contribution in [-0.4, -0.2) is 42.3 Å². The molecule has 1 aliphatic rings. The Labute approximate surface area is 153 Å². The van der Waals surface area contributed by atoms with Gasteiger partial charge in [-0.05, 0) is 42.8 Å². The van der Waals surface area contributed by atoms with Crippen LogP contribution in [0.4, 0.5) is 21.7 Å². The zero-order valence-corrected chi connectivity index (χ0v) is 15.0. The maximum Gasteiger partial charge on any atom is 0.225 e. The van der Waals surface area contributed by atoms with Crippen molar-refractivity contribution >= 4 is 23.2 Å². The second-order valence-electron chi connectivity index (χ2n) is 6.38. The minimum Gasteiger partial charge on any atom is -0.368 e. The molecule has 138 valence electrons. The number of unbranched alkanes of at least 4 members (excludes halogenated alkanes) is 1. The molecule has 0 aliphatic carbocycles. The highest BCUT2D eigenvalue weighted by Crippen LogP contribution is 2.20. The third-order valence-corrected chi connectivity index (χ3v) is 4.47. The topological polar surface area (TPSA) is 61.4 Å². The van der Waals surface area contributed by atoms with Crippen molar-refractivity contribution in [2.24, 2.45) is 0 Å². The number of benzene rings is 1. The van der Waals surface area contributed by atoms with E-state index < -0.39 is 0 Å². The van der Waals surface area contributed by atoms with Crippen LogP contribution < -0.4 is 15.1 Å². The normalized spacial score (nSPS) is 14.4. The van der Waals surface area contributed by atoms with Crippen molar-refractivity contribution < 1.29 is 9.18 Å². The molecule has 1 saturated heterocycles. The highest BCUT2D eigenvalue weighted by Gasteiger charge is 2.18. The lowest BCUT2D eigenvalue weighted by molar-refractivity contribution is -0.116. The summed E-state index contributed by atoms with van der Waals surface area (Å²) in [6.45, 7) is 5.35. The number of carbonyl (C=O) groups is 1. The van der Waals surface area contributed by atoms with E-state index in [-0.39, 0.29) is 11.7 Å². The van der Waals surface area contributed by atoms with Gasteiger partial charge in [-0.3, -0.25) is 4.79 Å². The molecule has 0 radical (unpaired) electrons. The Morgan fingerprint density at radius 1 is 1.04 bits per heavy atom. The number of carbonyl (C=O) groups excluding carboxylic acids is 1. The summed E-state index contributed by atoms with van der Waals surface area (Å²) in [4.78, 5) is 16.1. The lowest BCUT2D eigenvalue weighted by Crippen LogP contribution is -2.46. The van der Waals surface area contributed by atoms with Crippen LogP contribution in [0.25, 0.3) is 0 Å². The van der Waals surface area contributed by atoms with Gasteiger partial charge in [0.2, 0.25) is 5.91 Å². The third kappa shape index (κ3) is 4.68. The molecule has 0 spiro atoms. The van der Waals surface area contributed by atoms with Crippen molar-refractivity contribution in [1.29, 1.82) is 0 Å². The van der Waals surface area contributed by atoms with Crippen molar-refractivity contribution in [3.05, 3.63) is 42.2 Å². The molecule has 6 nitrogen and oxygen atoms in total. The van der Waals surface area contributed by atoms with Crippen LogP contribution in [0, 0.1) is 5.82 Å². The number of amides is 1. The summed E-state index contributed by atoms with van der Waals surface area (Å²) in [6.07, 6.45) is 2.36. The molecule has 1 aromatic carbocycles. The number of piperazine rings is 1. The quantitative estimate of drug-likeness (QED) is 0.861. The Morgan fingerprint density at radius 3 is 2.35 bits per heavy atom. The van der Waals surface area contributed by atoms with Gasteiger partial charge in [-0.15, -0.1) is 10.2 Å². The summed E-state index contributed by atoms with van der Waals surface area (Å²) < 4.78 is 13.0. The molecular weight excluding hydrogens is 333 g/mol. The molecule has 3 rings (SSSR count). The maximum absolute atomic E-state index is 13.0. The number of anilines is 3. The predicted molar refractivity (Wildman–Crippen MR) is 101 cm³/mol. The van der Waals surface area contributed by atoms with Crippen LogP contribution in [0.1, 0.15) is 26.2 Å². The summed E-state index contributed by atoms with van der Waals surface area (Å²) in [5.41, 5.74) is 1.03. The minimum atomic E-state index is -0.218. The second kappa shape index (κ2) is 8.60. The third-order valence-electron chi connectivity index (χ3n) is 4.47.